The topological polar surface area (TPSA) is 102 Å². The van der Waals surface area contributed by atoms with Gasteiger partial charge in [-0.25, -0.2) is 4.98 Å². The third-order valence-electron chi connectivity index (χ3n) is 5.20. The van der Waals surface area contributed by atoms with Gasteiger partial charge in [0.05, 0.1) is 34.7 Å². The molecule has 33 heavy (non-hydrogen) atoms. The number of nitrogens with one attached hydrogen (secondary N) is 1. The summed E-state index contributed by atoms with van der Waals surface area (Å²) >= 11 is 8.01. The number of nitrogens with zero attached hydrogens (tertiary/aromatic N) is 2. The number of rotatable bonds is 10. The summed E-state index contributed by atoms with van der Waals surface area (Å²) in [6.07, 6.45) is 3.51. The predicted molar refractivity (Wildman–Crippen MR) is 131 cm³/mol. The minimum atomic E-state index is -0.420. The highest BCUT2D eigenvalue weighted by atomic mass is 35.5. The molecule has 4 N–H and O–H groups in total. The Morgan fingerprint density at radius 1 is 1.33 bits per heavy atom. The van der Waals surface area contributed by atoms with Gasteiger partial charge in [-0.1, -0.05) is 29.8 Å². The first-order valence-electron chi connectivity index (χ1n) is 10.6. The third-order valence-corrected chi connectivity index (χ3v) is 6.66. The Morgan fingerprint density at radius 2 is 2.18 bits per heavy atom. The Labute approximate surface area is 200 Å². The van der Waals surface area contributed by atoms with E-state index in [2.05, 4.69) is 10.3 Å². The van der Waals surface area contributed by atoms with E-state index in [0.29, 0.717) is 23.9 Å². The van der Waals surface area contributed by atoms with Crippen molar-refractivity contribution in [2.45, 2.75) is 26.0 Å². The molecule has 0 radical (unpaired) electrons. The van der Waals surface area contributed by atoms with E-state index in [0.717, 1.165) is 32.2 Å². The van der Waals surface area contributed by atoms with Crippen LogP contribution >= 0.6 is 22.9 Å². The first-order valence-corrected chi connectivity index (χ1v) is 11.8. The summed E-state index contributed by atoms with van der Waals surface area (Å²) in [6, 6.07) is 13.6. The van der Waals surface area contributed by atoms with Crippen LogP contribution in [0.4, 0.5) is 0 Å². The molecule has 0 aliphatic rings. The molecule has 0 saturated carbocycles. The molecule has 3 heterocycles. The van der Waals surface area contributed by atoms with Crippen LogP contribution in [0.25, 0.3) is 16.2 Å². The van der Waals surface area contributed by atoms with E-state index in [1.54, 1.807) is 0 Å². The van der Waals surface area contributed by atoms with Crippen LogP contribution in [0.15, 0.2) is 54.9 Å². The summed E-state index contributed by atoms with van der Waals surface area (Å²) in [5, 5.41) is 12.6. The number of pyridine rings is 1. The number of imidazole rings is 1. The van der Waals surface area contributed by atoms with E-state index in [-0.39, 0.29) is 19.1 Å². The molecule has 0 fully saturated rings. The van der Waals surface area contributed by atoms with Crippen LogP contribution in [0.1, 0.15) is 29.0 Å². The van der Waals surface area contributed by atoms with Crippen LogP contribution in [-0.4, -0.2) is 33.6 Å². The SMILES string of the molecule is CC(Oc1cc(-c2cnc3ccccn23)sc1CC(N)=O)c1ccc(CNCCO)cc1Cl. The van der Waals surface area contributed by atoms with Crippen LogP contribution in [0.2, 0.25) is 5.02 Å². The van der Waals surface area contributed by atoms with E-state index in [1.807, 2.05) is 66.2 Å². The van der Waals surface area contributed by atoms with Crippen molar-refractivity contribution in [2.75, 3.05) is 13.2 Å². The van der Waals surface area contributed by atoms with Gasteiger partial charge in [-0.05, 0) is 30.7 Å². The number of carbonyl (C=O) groups is 1. The number of primary amides is 1. The van der Waals surface area contributed by atoms with Crippen molar-refractivity contribution in [1.82, 2.24) is 14.7 Å². The van der Waals surface area contributed by atoms with E-state index < -0.39 is 5.91 Å². The van der Waals surface area contributed by atoms with Crippen molar-refractivity contribution in [3.8, 4) is 16.3 Å². The predicted octanol–water partition coefficient (Wildman–Crippen LogP) is 3.97. The van der Waals surface area contributed by atoms with Crippen LogP contribution in [-0.2, 0) is 17.8 Å². The molecule has 0 saturated heterocycles. The first kappa shape index (κ1) is 23.3. The molecule has 4 rings (SSSR count). The number of carbonyl (C=O) groups excluding carboxylic acids is 1. The number of halogens is 1. The van der Waals surface area contributed by atoms with Gasteiger partial charge in [-0.3, -0.25) is 9.20 Å². The Morgan fingerprint density at radius 3 is 2.94 bits per heavy atom. The second-order valence-electron chi connectivity index (χ2n) is 7.63. The number of aromatic nitrogens is 2. The van der Waals surface area contributed by atoms with Crippen molar-refractivity contribution < 1.29 is 14.6 Å². The number of fused-ring (bicyclic) bond motifs is 1. The van der Waals surface area contributed by atoms with E-state index in [9.17, 15) is 4.79 Å². The summed E-state index contributed by atoms with van der Waals surface area (Å²) in [5.41, 5.74) is 9.12. The number of benzene rings is 1. The number of nitrogens with two attached hydrogens (primary N) is 1. The van der Waals surface area contributed by atoms with Gasteiger partial charge in [0.1, 0.15) is 17.5 Å². The molecular formula is C24H25ClN4O3S. The van der Waals surface area contributed by atoms with Crippen molar-refractivity contribution in [1.29, 1.82) is 0 Å². The Bertz CT molecular complexity index is 1270. The number of aliphatic hydroxyl groups excluding tert-OH is 1. The zero-order valence-corrected chi connectivity index (χ0v) is 19.7. The standard InChI is InChI=1S/C24H25ClN4O3S/c1-15(17-6-5-16(10-18(17)25)13-27-7-9-30)32-20-11-21(33-22(20)12-23(26)31)19-14-28-24-4-2-3-8-29(19)24/h2-6,8,10-11,14-15,27,30H,7,9,12-13H2,1H3,(H2,26,31). The third kappa shape index (κ3) is 5.36. The minimum Gasteiger partial charge on any atom is -0.485 e. The highest BCUT2D eigenvalue weighted by Crippen LogP contribution is 2.39. The average molecular weight is 485 g/mol. The maximum Gasteiger partial charge on any atom is 0.222 e. The minimum absolute atomic E-state index is 0.0854. The van der Waals surface area contributed by atoms with Gasteiger partial charge in [0.25, 0.3) is 0 Å². The fraction of sp³-hybridized carbons (Fsp3) is 0.250. The zero-order valence-electron chi connectivity index (χ0n) is 18.1. The molecule has 172 valence electrons. The van der Waals surface area contributed by atoms with Gasteiger partial charge in [-0.2, -0.15) is 0 Å². The smallest absolute Gasteiger partial charge is 0.222 e. The zero-order chi connectivity index (χ0) is 23.4. The molecule has 0 spiro atoms. The van der Waals surface area contributed by atoms with E-state index >= 15 is 0 Å². The summed E-state index contributed by atoms with van der Waals surface area (Å²) in [5.74, 6) is 0.189. The molecule has 1 amide bonds. The van der Waals surface area contributed by atoms with Crippen molar-refractivity contribution >= 4 is 34.5 Å². The van der Waals surface area contributed by atoms with Gasteiger partial charge in [-0.15, -0.1) is 11.3 Å². The summed E-state index contributed by atoms with van der Waals surface area (Å²) in [4.78, 5) is 17.8. The molecule has 1 unspecified atom stereocenters. The van der Waals surface area contributed by atoms with Crippen molar-refractivity contribution in [3.63, 3.8) is 0 Å². The van der Waals surface area contributed by atoms with Crippen molar-refractivity contribution in [3.05, 3.63) is 75.9 Å². The molecule has 9 heteroatoms. The average Bonchev–Trinajstić information content (AvgIpc) is 3.37. The van der Waals surface area contributed by atoms with Crippen molar-refractivity contribution in [2.24, 2.45) is 5.73 Å². The fourth-order valence-electron chi connectivity index (χ4n) is 3.61. The number of hydrogen-bond acceptors (Lipinski definition) is 6. The van der Waals surface area contributed by atoms with Crippen LogP contribution in [0.5, 0.6) is 5.75 Å². The van der Waals surface area contributed by atoms with E-state index in [4.69, 9.17) is 27.2 Å². The lowest BCUT2D eigenvalue weighted by atomic mass is 10.1. The van der Waals surface area contributed by atoms with E-state index in [1.165, 1.54) is 11.3 Å². The molecule has 7 nitrogen and oxygen atoms in total. The Balaban J connectivity index is 1.60. The second kappa shape index (κ2) is 10.4. The van der Waals surface area contributed by atoms with Crippen LogP contribution < -0.4 is 15.8 Å². The summed E-state index contributed by atoms with van der Waals surface area (Å²) in [6.45, 7) is 3.15. The maximum absolute atomic E-state index is 11.7. The molecule has 1 aromatic carbocycles. The lowest BCUT2D eigenvalue weighted by Crippen LogP contribution is -2.17. The highest BCUT2D eigenvalue weighted by Gasteiger charge is 2.20. The highest BCUT2D eigenvalue weighted by molar-refractivity contribution is 7.15. The molecule has 0 aliphatic heterocycles. The molecular weight excluding hydrogens is 460 g/mol. The number of hydrogen-bond donors (Lipinski definition) is 3. The van der Waals surface area contributed by atoms with Gasteiger partial charge in [0.2, 0.25) is 5.91 Å². The van der Waals surface area contributed by atoms with Gasteiger partial charge in [0.15, 0.2) is 0 Å². The number of thiophene rings is 1. The Hall–Kier alpha value is -2.91. The number of ether oxygens (including phenoxy) is 1. The fourth-order valence-corrected chi connectivity index (χ4v) is 5.08. The van der Waals surface area contributed by atoms with Crippen LogP contribution in [0.3, 0.4) is 0 Å². The normalized spacial score (nSPS) is 12.2. The van der Waals surface area contributed by atoms with Crippen LogP contribution in [0, 0.1) is 0 Å². The van der Waals surface area contributed by atoms with Gasteiger partial charge >= 0.3 is 0 Å². The monoisotopic (exact) mass is 484 g/mol. The summed E-state index contributed by atoms with van der Waals surface area (Å²) in [7, 11) is 0. The summed E-state index contributed by atoms with van der Waals surface area (Å²) < 4.78 is 8.28. The molecule has 1 atom stereocenters. The Kier molecular flexibility index (Phi) is 7.29. The molecule has 4 aromatic rings. The maximum atomic E-state index is 11.7. The number of aliphatic hydroxyl groups is 1. The first-order chi connectivity index (χ1) is 16.0. The molecule has 0 bridgehead atoms. The molecule has 0 aliphatic carbocycles. The second-order valence-corrected chi connectivity index (χ2v) is 9.17. The van der Waals surface area contributed by atoms with Gasteiger partial charge < -0.3 is 20.9 Å². The quantitative estimate of drug-likeness (QED) is 0.296. The lowest BCUT2D eigenvalue weighted by Gasteiger charge is -2.17. The molecule has 3 aromatic heterocycles. The largest absolute Gasteiger partial charge is 0.485 e. The lowest BCUT2D eigenvalue weighted by molar-refractivity contribution is -0.117. The number of amides is 1. The van der Waals surface area contributed by atoms with Gasteiger partial charge in [0, 0.05) is 35.9 Å².